The minimum atomic E-state index is -0.275. The lowest BCUT2D eigenvalue weighted by molar-refractivity contribution is -0.136. The summed E-state index contributed by atoms with van der Waals surface area (Å²) in [6.45, 7) is 4.60. The molecule has 3 aromatic rings. The van der Waals surface area contributed by atoms with E-state index in [1.54, 1.807) is 6.07 Å². The van der Waals surface area contributed by atoms with E-state index in [2.05, 4.69) is 25.9 Å². The van der Waals surface area contributed by atoms with Crippen LogP contribution >= 0.6 is 15.9 Å². The van der Waals surface area contributed by atoms with E-state index in [1.165, 1.54) is 6.33 Å². The van der Waals surface area contributed by atoms with Gasteiger partial charge in [-0.2, -0.15) is 0 Å². The van der Waals surface area contributed by atoms with Crippen LogP contribution in [0.2, 0.25) is 0 Å². The zero-order valence-corrected chi connectivity index (χ0v) is 18.3. The monoisotopic (exact) mass is 468 g/mol. The van der Waals surface area contributed by atoms with E-state index in [4.69, 9.17) is 0 Å². The van der Waals surface area contributed by atoms with E-state index < -0.39 is 0 Å². The van der Waals surface area contributed by atoms with Gasteiger partial charge in [0.05, 0.1) is 16.9 Å². The lowest BCUT2D eigenvalue weighted by Crippen LogP contribution is -2.50. The second-order valence-corrected chi connectivity index (χ2v) is 9.31. The maximum absolute atomic E-state index is 15.1. The summed E-state index contributed by atoms with van der Waals surface area (Å²) in [6, 6.07) is 11.1. The third-order valence-electron chi connectivity index (χ3n) is 6.24. The quantitative estimate of drug-likeness (QED) is 0.561. The normalized spacial score (nSPS) is 18.0. The molecule has 2 fully saturated rings. The van der Waals surface area contributed by atoms with Gasteiger partial charge in [-0.05, 0) is 43.2 Å². The molecule has 0 spiro atoms. The van der Waals surface area contributed by atoms with Crippen molar-refractivity contribution in [2.24, 2.45) is 5.41 Å². The molecule has 1 amide bonds. The molecule has 1 aliphatic heterocycles. The topological polar surface area (TPSA) is 49.3 Å². The standard InChI is InChI=1S/C23H22BrFN4O/c1-23(6-7-23)22(30)29-10-8-28(9-11-29)20-5-2-15(12-18(20)25)21-17-13-16(24)3-4-19(17)26-14-27-21/h2-5,12-14H,6-11H2,1H3. The number of benzene rings is 2. The molecule has 0 atom stereocenters. The van der Waals surface area contributed by atoms with Crippen molar-refractivity contribution >= 4 is 38.4 Å². The van der Waals surface area contributed by atoms with Crippen LogP contribution in [0.1, 0.15) is 19.8 Å². The van der Waals surface area contributed by atoms with Gasteiger partial charge in [0, 0.05) is 47.0 Å². The number of halogens is 2. The van der Waals surface area contributed by atoms with Crippen molar-refractivity contribution in [3.8, 4) is 11.3 Å². The van der Waals surface area contributed by atoms with Crippen molar-refractivity contribution in [3.05, 3.63) is 53.0 Å². The predicted octanol–water partition coefficient (Wildman–Crippen LogP) is 4.65. The number of nitrogens with zero attached hydrogens (tertiary/aromatic N) is 4. The second-order valence-electron chi connectivity index (χ2n) is 8.39. The molecule has 1 aliphatic carbocycles. The van der Waals surface area contributed by atoms with Crippen molar-refractivity contribution in [1.82, 2.24) is 14.9 Å². The van der Waals surface area contributed by atoms with Crippen molar-refractivity contribution in [3.63, 3.8) is 0 Å². The van der Waals surface area contributed by atoms with Crippen molar-refractivity contribution in [2.75, 3.05) is 31.1 Å². The summed E-state index contributed by atoms with van der Waals surface area (Å²) in [5.74, 6) is -0.0250. The van der Waals surface area contributed by atoms with Gasteiger partial charge in [0.1, 0.15) is 12.1 Å². The van der Waals surface area contributed by atoms with Gasteiger partial charge < -0.3 is 9.80 Å². The summed E-state index contributed by atoms with van der Waals surface area (Å²) >= 11 is 3.48. The molecule has 154 valence electrons. The molecule has 0 N–H and O–H groups in total. The van der Waals surface area contributed by atoms with Crippen LogP contribution in [-0.4, -0.2) is 47.0 Å². The van der Waals surface area contributed by atoms with Crippen LogP contribution in [0.5, 0.6) is 0 Å². The molecule has 5 rings (SSSR count). The van der Waals surface area contributed by atoms with Gasteiger partial charge in [-0.25, -0.2) is 14.4 Å². The average Bonchev–Trinajstić information content (AvgIpc) is 3.51. The van der Waals surface area contributed by atoms with Crippen LogP contribution < -0.4 is 4.90 Å². The minimum absolute atomic E-state index is 0.148. The molecule has 7 heteroatoms. The van der Waals surface area contributed by atoms with Gasteiger partial charge >= 0.3 is 0 Å². The Labute approximate surface area is 183 Å². The second kappa shape index (κ2) is 7.30. The van der Waals surface area contributed by atoms with Crippen LogP contribution in [0.3, 0.4) is 0 Å². The highest BCUT2D eigenvalue weighted by Crippen LogP contribution is 2.46. The summed E-state index contributed by atoms with van der Waals surface area (Å²) in [6.07, 6.45) is 3.47. The summed E-state index contributed by atoms with van der Waals surface area (Å²) in [5.41, 5.74) is 2.67. The maximum atomic E-state index is 15.1. The Balaban J connectivity index is 1.37. The number of hydrogen-bond donors (Lipinski definition) is 0. The number of anilines is 1. The SMILES string of the molecule is CC1(C(=O)N2CCN(c3ccc(-c4ncnc5ccc(Br)cc45)cc3F)CC2)CC1. The largest absolute Gasteiger partial charge is 0.366 e. The molecule has 0 radical (unpaired) electrons. The van der Waals surface area contributed by atoms with Gasteiger partial charge in [-0.15, -0.1) is 0 Å². The number of hydrogen-bond acceptors (Lipinski definition) is 4. The summed E-state index contributed by atoms with van der Waals surface area (Å²) in [4.78, 5) is 25.2. The number of rotatable bonds is 3. The van der Waals surface area contributed by atoms with E-state index in [-0.39, 0.29) is 17.1 Å². The molecule has 2 aliphatic rings. The van der Waals surface area contributed by atoms with Crippen molar-refractivity contribution in [2.45, 2.75) is 19.8 Å². The zero-order valence-electron chi connectivity index (χ0n) is 16.7. The number of piperazine rings is 1. The van der Waals surface area contributed by atoms with Crippen LogP contribution in [0.4, 0.5) is 10.1 Å². The Bertz CT molecular complexity index is 1140. The van der Waals surface area contributed by atoms with Gasteiger partial charge in [-0.3, -0.25) is 4.79 Å². The summed E-state index contributed by atoms with van der Waals surface area (Å²) < 4.78 is 16.0. The molecule has 30 heavy (non-hydrogen) atoms. The first kappa shape index (κ1) is 19.4. The van der Waals surface area contributed by atoms with Crippen molar-refractivity contribution < 1.29 is 9.18 Å². The Kier molecular flexibility index (Phi) is 4.73. The molecule has 1 saturated carbocycles. The molecule has 0 unspecified atom stereocenters. The lowest BCUT2D eigenvalue weighted by Gasteiger charge is -2.37. The van der Waals surface area contributed by atoms with E-state index >= 15 is 4.39 Å². The van der Waals surface area contributed by atoms with Gasteiger partial charge in [0.25, 0.3) is 0 Å². The number of amides is 1. The van der Waals surface area contributed by atoms with Crippen LogP contribution in [-0.2, 0) is 4.79 Å². The number of carbonyl (C=O) groups is 1. The lowest BCUT2D eigenvalue weighted by atomic mass is 10.0. The fraction of sp³-hybridized carbons (Fsp3) is 0.348. The smallest absolute Gasteiger partial charge is 0.228 e. The fourth-order valence-corrected chi connectivity index (χ4v) is 4.46. The van der Waals surface area contributed by atoms with Crippen LogP contribution in [0, 0.1) is 11.2 Å². The van der Waals surface area contributed by atoms with E-state index in [0.29, 0.717) is 37.6 Å². The third kappa shape index (κ3) is 3.45. The molecule has 5 nitrogen and oxygen atoms in total. The highest BCUT2D eigenvalue weighted by atomic mass is 79.9. The molecule has 1 saturated heterocycles. The minimum Gasteiger partial charge on any atom is -0.366 e. The molecular weight excluding hydrogens is 447 g/mol. The Morgan fingerprint density at radius 2 is 1.83 bits per heavy atom. The van der Waals surface area contributed by atoms with Crippen LogP contribution in [0.15, 0.2) is 47.2 Å². The first-order chi connectivity index (χ1) is 14.4. The molecule has 2 aromatic carbocycles. The molecule has 0 bridgehead atoms. The first-order valence-corrected chi connectivity index (χ1v) is 11.0. The zero-order chi connectivity index (χ0) is 20.9. The van der Waals surface area contributed by atoms with Crippen molar-refractivity contribution in [1.29, 1.82) is 0 Å². The summed E-state index contributed by atoms with van der Waals surface area (Å²) in [5, 5.41) is 0.875. The number of aromatic nitrogens is 2. The first-order valence-electron chi connectivity index (χ1n) is 10.2. The number of fused-ring (bicyclic) bond motifs is 1. The Hall–Kier alpha value is -2.54. The highest BCUT2D eigenvalue weighted by molar-refractivity contribution is 9.10. The maximum Gasteiger partial charge on any atom is 0.228 e. The van der Waals surface area contributed by atoms with Gasteiger partial charge in [0.15, 0.2) is 0 Å². The fourth-order valence-electron chi connectivity index (χ4n) is 4.10. The summed E-state index contributed by atoms with van der Waals surface area (Å²) in [7, 11) is 0. The van der Waals surface area contributed by atoms with E-state index in [9.17, 15) is 4.79 Å². The van der Waals surface area contributed by atoms with E-state index in [1.807, 2.05) is 47.1 Å². The predicted molar refractivity (Wildman–Crippen MR) is 119 cm³/mol. The Morgan fingerprint density at radius 1 is 1.07 bits per heavy atom. The van der Waals surface area contributed by atoms with Crippen LogP contribution in [0.25, 0.3) is 22.2 Å². The number of carbonyl (C=O) groups excluding carboxylic acids is 1. The molecule has 2 heterocycles. The molecular formula is C23H22BrFN4O. The van der Waals surface area contributed by atoms with E-state index in [0.717, 1.165) is 33.8 Å². The average molecular weight is 469 g/mol. The Morgan fingerprint density at radius 3 is 2.53 bits per heavy atom. The third-order valence-corrected chi connectivity index (χ3v) is 6.74. The van der Waals surface area contributed by atoms with Gasteiger partial charge in [0.2, 0.25) is 5.91 Å². The van der Waals surface area contributed by atoms with Gasteiger partial charge in [-0.1, -0.05) is 28.9 Å². The highest BCUT2D eigenvalue weighted by Gasteiger charge is 2.47. The molecule has 1 aromatic heterocycles.